The molecule has 0 amide bonds. The molecule has 0 saturated carbocycles. The number of para-hydroxylation sites is 4. The Hall–Kier alpha value is -7.20. The summed E-state index contributed by atoms with van der Waals surface area (Å²) in [7, 11) is 0. The topological polar surface area (TPSA) is 33.5 Å². The van der Waals surface area contributed by atoms with Crippen LogP contribution in [-0.2, 0) is 27.4 Å². The van der Waals surface area contributed by atoms with Crippen LogP contribution in [0.4, 0.5) is 22.7 Å². The van der Waals surface area contributed by atoms with Crippen molar-refractivity contribution in [2.45, 2.75) is 40.8 Å². The summed E-state index contributed by atoms with van der Waals surface area (Å²) in [5.41, 5.74) is 8.24. The van der Waals surface area contributed by atoms with E-state index in [1.807, 2.05) is 150 Å². The fraction of sp³-hybridized carbons (Fsp3) is 0.115. The first-order chi connectivity index (χ1) is 36.7. The summed E-state index contributed by atoms with van der Waals surface area (Å²) in [6.45, 7) is -2.25. The van der Waals surface area contributed by atoms with Crippen molar-refractivity contribution < 1.29 is 40.9 Å². The van der Waals surface area contributed by atoms with E-state index in [0.717, 1.165) is 44.5 Å². The molecule has 0 atom stereocenters. The number of benzene rings is 8. The number of rotatable bonds is 10. The van der Waals surface area contributed by atoms with Crippen LogP contribution in [0.3, 0.4) is 0 Å². The molecule has 0 radical (unpaired) electrons. The monoisotopic (exact) mass is 1060 g/mol. The van der Waals surface area contributed by atoms with Gasteiger partial charge in [0.2, 0.25) is 0 Å². The number of aryl methyl sites for hydroxylation is 3. The van der Waals surface area contributed by atoms with Gasteiger partial charge in [-0.2, -0.15) is 12.1 Å². The van der Waals surface area contributed by atoms with Gasteiger partial charge in [0.15, 0.2) is 0 Å². The molecule has 2 aromatic heterocycles. The van der Waals surface area contributed by atoms with E-state index >= 15 is 0 Å². The molecule has 0 saturated heterocycles. The summed E-state index contributed by atoms with van der Waals surface area (Å²) in [6, 6.07) is 60.6. The quantitative estimate of drug-likeness (QED) is 0.128. The van der Waals surface area contributed by atoms with E-state index in [1.54, 1.807) is 38.1 Å². The van der Waals surface area contributed by atoms with Gasteiger partial charge < -0.3 is 19.1 Å². The molecule has 1 aliphatic heterocycles. The molecule has 67 heavy (non-hydrogen) atoms. The standard InChI is InChI=1S/C61H49N4O.Pt/c1-40(2)33-44-25-28-50(42(4)35-44)51-29-26-46(36-43(51)5)53-21-14-20-52(45-15-7-6-8-16-45)61(53)64-39-63(57-23-11-12-24-58(57)64)47-17-13-18-48(37-47)66-49-27-30-55-54-19-9-10-22-56(54)65(59(55)38-49)60-34-41(3)31-32-62-60;/h6-32,34-36,39-40H,33H2,1-5H3;/q-3;/i3D3,4D3,5D3,33D2;. The SMILES string of the molecule is [2H]C([2H])([2H])c1ccnc(-n2c3[c-]c(Oc4[c-]c(N5[CH-]N(c6c(-c7ccccc7)cccc6-c6ccc(-c7ccc(C([2H])([2H])C(C)C)cc7C([2H])([2H])[2H])c(C([2H])([2H])[2H])c6)c6ccccc65)ccc4)ccc3c3ccccc32)c1.[Pt]. The Kier molecular flexibility index (Phi) is 8.83. The molecule has 0 aliphatic carbocycles. The van der Waals surface area contributed by atoms with E-state index < -0.39 is 32.8 Å². The van der Waals surface area contributed by atoms with E-state index in [1.165, 1.54) is 24.4 Å². The smallest absolute Gasteiger partial charge is 0.135 e. The third-order valence-corrected chi connectivity index (χ3v) is 11.9. The largest absolute Gasteiger partial charge is 0.509 e. The summed E-state index contributed by atoms with van der Waals surface area (Å²) in [4.78, 5) is 8.69. The first-order valence-corrected chi connectivity index (χ1v) is 21.8. The number of hydrogen-bond donors (Lipinski definition) is 0. The van der Waals surface area contributed by atoms with Crippen molar-refractivity contribution in [2.24, 2.45) is 5.92 Å². The van der Waals surface area contributed by atoms with Crippen molar-refractivity contribution in [3.05, 3.63) is 223 Å². The van der Waals surface area contributed by atoms with E-state index in [2.05, 4.69) is 22.0 Å². The molecule has 11 rings (SSSR count). The van der Waals surface area contributed by atoms with E-state index in [0.29, 0.717) is 39.6 Å². The van der Waals surface area contributed by atoms with Crippen molar-refractivity contribution in [2.75, 3.05) is 9.80 Å². The zero-order valence-corrected chi connectivity index (χ0v) is 38.8. The van der Waals surface area contributed by atoms with Crippen LogP contribution in [0.15, 0.2) is 182 Å². The Morgan fingerprint density at radius 2 is 1.33 bits per heavy atom. The Bertz CT molecular complexity index is 3890. The van der Waals surface area contributed by atoms with Crippen LogP contribution >= 0.6 is 0 Å². The summed E-state index contributed by atoms with van der Waals surface area (Å²) in [5.74, 6) is 0.797. The van der Waals surface area contributed by atoms with Gasteiger partial charge in [-0.3, -0.25) is 0 Å². The molecule has 6 heteroatoms. The molecule has 5 nitrogen and oxygen atoms in total. The Morgan fingerprint density at radius 3 is 2.13 bits per heavy atom. The number of pyridine rings is 1. The molecule has 8 aromatic carbocycles. The van der Waals surface area contributed by atoms with Crippen molar-refractivity contribution in [1.29, 1.82) is 0 Å². The molecular formula is C61H49N4OPt-3. The van der Waals surface area contributed by atoms with Gasteiger partial charge in [-0.1, -0.05) is 135 Å². The first-order valence-electron chi connectivity index (χ1n) is 27.3. The Balaban J connectivity index is 0.00000688. The van der Waals surface area contributed by atoms with Crippen LogP contribution in [0.2, 0.25) is 0 Å². The number of hydrogen-bond acceptors (Lipinski definition) is 4. The summed E-state index contributed by atoms with van der Waals surface area (Å²) in [6.07, 6.45) is -0.328. The molecule has 3 heterocycles. The molecule has 332 valence electrons. The van der Waals surface area contributed by atoms with Gasteiger partial charge >= 0.3 is 0 Å². The molecular weight excluding hydrogens is 1000 g/mol. The van der Waals surface area contributed by atoms with Crippen LogP contribution < -0.4 is 14.5 Å². The number of aromatic nitrogens is 2. The fourth-order valence-electron chi connectivity index (χ4n) is 8.98. The van der Waals surface area contributed by atoms with Crippen molar-refractivity contribution in [3.63, 3.8) is 0 Å². The molecule has 0 fully saturated rings. The van der Waals surface area contributed by atoms with Crippen LogP contribution in [0, 0.1) is 45.3 Å². The number of ether oxygens (including phenoxy) is 1. The third kappa shape index (κ3) is 8.23. The van der Waals surface area contributed by atoms with E-state index in [4.69, 9.17) is 19.8 Å². The molecule has 10 aromatic rings. The van der Waals surface area contributed by atoms with Gasteiger partial charge in [0.25, 0.3) is 0 Å². The average molecular weight is 1060 g/mol. The van der Waals surface area contributed by atoms with Gasteiger partial charge in [-0.25, -0.2) is 4.98 Å². The van der Waals surface area contributed by atoms with Crippen LogP contribution in [-0.4, -0.2) is 9.55 Å². The second-order valence-corrected chi connectivity index (χ2v) is 16.6. The van der Waals surface area contributed by atoms with Crippen LogP contribution in [0.1, 0.15) is 51.2 Å². The fourth-order valence-corrected chi connectivity index (χ4v) is 8.98. The first kappa shape index (κ1) is 32.5. The minimum absolute atomic E-state index is 0. The van der Waals surface area contributed by atoms with Gasteiger partial charge in [0.1, 0.15) is 5.82 Å². The summed E-state index contributed by atoms with van der Waals surface area (Å²) in [5, 5.41) is 1.83. The zero-order chi connectivity index (χ0) is 54.2. The second-order valence-electron chi connectivity index (χ2n) is 16.6. The Morgan fingerprint density at radius 1 is 0.612 bits per heavy atom. The third-order valence-electron chi connectivity index (χ3n) is 11.9. The second kappa shape index (κ2) is 18.2. The maximum atomic E-state index is 8.85. The predicted molar refractivity (Wildman–Crippen MR) is 273 cm³/mol. The predicted octanol–water partition coefficient (Wildman–Crippen LogP) is 16.1. The van der Waals surface area contributed by atoms with Gasteiger partial charge in [-0.05, 0) is 113 Å². The molecule has 0 unspecified atom stereocenters. The maximum absolute atomic E-state index is 8.85. The van der Waals surface area contributed by atoms with Crippen LogP contribution in [0.5, 0.6) is 11.5 Å². The maximum Gasteiger partial charge on any atom is 0.135 e. The number of fused-ring (bicyclic) bond motifs is 4. The van der Waals surface area contributed by atoms with E-state index in [9.17, 15) is 0 Å². The minimum atomic E-state index is -2.68. The molecule has 1 aliphatic rings. The van der Waals surface area contributed by atoms with Gasteiger partial charge in [0, 0.05) is 87.5 Å². The van der Waals surface area contributed by atoms with Crippen LogP contribution in [0.25, 0.3) is 61.0 Å². The summed E-state index contributed by atoms with van der Waals surface area (Å²) >= 11 is 0. The van der Waals surface area contributed by atoms with Gasteiger partial charge in [-0.15, -0.1) is 48.1 Å². The van der Waals surface area contributed by atoms with E-state index in [-0.39, 0.29) is 54.4 Å². The summed E-state index contributed by atoms with van der Waals surface area (Å²) < 4.78 is 102. The zero-order valence-electron chi connectivity index (χ0n) is 47.5. The van der Waals surface area contributed by atoms with Gasteiger partial charge in [0.05, 0.1) is 0 Å². The number of nitrogens with zero attached hydrogens (tertiary/aromatic N) is 4. The van der Waals surface area contributed by atoms with Crippen molar-refractivity contribution in [1.82, 2.24) is 9.55 Å². The molecule has 0 N–H and O–H groups in total. The molecule has 0 bridgehead atoms. The molecule has 0 spiro atoms. The minimum Gasteiger partial charge on any atom is -0.509 e. The van der Waals surface area contributed by atoms with Crippen molar-refractivity contribution in [3.8, 4) is 50.7 Å². The average Bonchev–Trinajstić information content (AvgIpc) is 3.99. The van der Waals surface area contributed by atoms with Crippen molar-refractivity contribution >= 4 is 44.6 Å². The number of anilines is 4. The Labute approximate surface area is 423 Å². The normalized spacial score (nSPS) is 15.4.